The number of ether oxygens (including phenoxy) is 1. The zero-order valence-corrected chi connectivity index (χ0v) is 16.6. The Morgan fingerprint density at radius 3 is 2.66 bits per heavy atom. The van der Waals surface area contributed by atoms with E-state index in [9.17, 15) is 10.1 Å². The van der Waals surface area contributed by atoms with Crippen molar-refractivity contribution in [2.24, 2.45) is 0 Å². The van der Waals surface area contributed by atoms with Crippen LogP contribution in [0.3, 0.4) is 0 Å². The van der Waals surface area contributed by atoms with Gasteiger partial charge in [-0.05, 0) is 54.0 Å². The second-order valence-corrected chi connectivity index (χ2v) is 6.87. The third-order valence-corrected chi connectivity index (χ3v) is 4.47. The van der Waals surface area contributed by atoms with Crippen LogP contribution in [0.25, 0.3) is 6.08 Å². The maximum atomic E-state index is 12.5. The average molecular weight is 403 g/mol. The van der Waals surface area contributed by atoms with Gasteiger partial charge in [0.2, 0.25) is 0 Å². The molecule has 4 nitrogen and oxygen atoms in total. The van der Waals surface area contributed by atoms with Crippen LogP contribution in [0.1, 0.15) is 16.7 Å². The predicted molar refractivity (Wildman–Crippen MR) is 116 cm³/mol. The molecule has 3 rings (SSSR count). The van der Waals surface area contributed by atoms with Gasteiger partial charge in [-0.2, -0.15) is 5.26 Å². The van der Waals surface area contributed by atoms with Crippen LogP contribution in [0, 0.1) is 18.3 Å². The molecule has 0 fully saturated rings. The van der Waals surface area contributed by atoms with E-state index in [2.05, 4.69) is 5.32 Å². The molecule has 0 saturated carbocycles. The van der Waals surface area contributed by atoms with Gasteiger partial charge in [-0.1, -0.05) is 60.1 Å². The molecule has 5 heteroatoms. The Kier molecular flexibility index (Phi) is 6.67. The number of nitriles is 1. The maximum absolute atomic E-state index is 12.5. The van der Waals surface area contributed by atoms with E-state index >= 15 is 0 Å². The highest BCUT2D eigenvalue weighted by Crippen LogP contribution is 2.22. The van der Waals surface area contributed by atoms with Gasteiger partial charge in [0, 0.05) is 10.7 Å². The van der Waals surface area contributed by atoms with Crippen LogP contribution < -0.4 is 10.1 Å². The van der Waals surface area contributed by atoms with Crippen LogP contribution in [0.4, 0.5) is 5.69 Å². The standard InChI is InChI=1S/C24H19ClN2O2/c1-17-10-11-21(25)14-23(17)27-24(28)20(15-26)12-19-8-5-9-22(13-19)29-16-18-6-3-2-4-7-18/h2-14H,16H2,1H3,(H,27,28)/b20-12-. The number of benzene rings is 3. The maximum Gasteiger partial charge on any atom is 0.266 e. The molecule has 1 amide bonds. The van der Waals surface area contributed by atoms with E-state index in [4.69, 9.17) is 16.3 Å². The van der Waals surface area contributed by atoms with Crippen LogP contribution in [0.15, 0.2) is 78.4 Å². The smallest absolute Gasteiger partial charge is 0.266 e. The Morgan fingerprint density at radius 2 is 1.90 bits per heavy atom. The summed E-state index contributed by atoms with van der Waals surface area (Å²) in [5.74, 6) is 0.166. The minimum Gasteiger partial charge on any atom is -0.489 e. The summed E-state index contributed by atoms with van der Waals surface area (Å²) in [6, 6.07) is 24.3. The fourth-order valence-corrected chi connectivity index (χ4v) is 2.84. The zero-order chi connectivity index (χ0) is 20.6. The fourth-order valence-electron chi connectivity index (χ4n) is 2.67. The Balaban J connectivity index is 1.74. The first-order valence-corrected chi connectivity index (χ1v) is 9.39. The van der Waals surface area contributed by atoms with Gasteiger partial charge in [-0.3, -0.25) is 4.79 Å². The minimum absolute atomic E-state index is 0.00964. The summed E-state index contributed by atoms with van der Waals surface area (Å²) >= 11 is 5.99. The number of carbonyl (C=O) groups excluding carboxylic acids is 1. The summed E-state index contributed by atoms with van der Waals surface area (Å²) in [5, 5.41) is 12.7. The normalized spacial score (nSPS) is 10.9. The summed E-state index contributed by atoms with van der Waals surface area (Å²) < 4.78 is 5.81. The van der Waals surface area contributed by atoms with Gasteiger partial charge in [0.05, 0.1) is 0 Å². The first kappa shape index (κ1) is 20.2. The quantitative estimate of drug-likeness (QED) is 0.420. The van der Waals surface area contributed by atoms with Crippen molar-refractivity contribution < 1.29 is 9.53 Å². The summed E-state index contributed by atoms with van der Waals surface area (Å²) in [4.78, 5) is 12.5. The van der Waals surface area contributed by atoms with Crippen LogP contribution in [0.2, 0.25) is 5.02 Å². The topological polar surface area (TPSA) is 62.1 Å². The summed E-state index contributed by atoms with van der Waals surface area (Å²) in [6.45, 7) is 2.29. The summed E-state index contributed by atoms with van der Waals surface area (Å²) in [7, 11) is 0. The van der Waals surface area contributed by atoms with Gasteiger partial charge in [-0.15, -0.1) is 0 Å². The molecule has 0 atom stereocenters. The van der Waals surface area contributed by atoms with E-state index in [-0.39, 0.29) is 5.57 Å². The molecule has 0 heterocycles. The highest BCUT2D eigenvalue weighted by Gasteiger charge is 2.11. The molecule has 0 aliphatic carbocycles. The number of rotatable bonds is 6. The number of aryl methyl sites for hydroxylation is 1. The Bertz CT molecular complexity index is 1090. The third kappa shape index (κ3) is 5.71. The molecule has 0 saturated heterocycles. The zero-order valence-electron chi connectivity index (χ0n) is 15.9. The van der Waals surface area contributed by atoms with Gasteiger partial charge >= 0.3 is 0 Å². The lowest BCUT2D eigenvalue weighted by Crippen LogP contribution is -2.14. The van der Waals surface area contributed by atoms with E-state index in [1.807, 2.05) is 61.5 Å². The monoisotopic (exact) mass is 402 g/mol. The van der Waals surface area contributed by atoms with Gasteiger partial charge in [-0.25, -0.2) is 0 Å². The van der Waals surface area contributed by atoms with E-state index in [0.29, 0.717) is 28.6 Å². The molecule has 3 aromatic carbocycles. The number of nitrogens with one attached hydrogen (secondary N) is 1. The molecule has 144 valence electrons. The second-order valence-electron chi connectivity index (χ2n) is 6.43. The van der Waals surface area contributed by atoms with Gasteiger partial charge in [0.15, 0.2) is 0 Å². The SMILES string of the molecule is Cc1ccc(Cl)cc1NC(=O)/C(C#N)=C\c1cccc(OCc2ccccc2)c1. The van der Waals surface area contributed by atoms with Crippen molar-refractivity contribution >= 4 is 29.3 Å². The first-order valence-electron chi connectivity index (χ1n) is 9.01. The molecule has 1 N–H and O–H groups in total. The number of hydrogen-bond donors (Lipinski definition) is 1. The van der Waals surface area contributed by atoms with Gasteiger partial charge in [0.25, 0.3) is 5.91 Å². The number of hydrogen-bond acceptors (Lipinski definition) is 3. The lowest BCUT2D eigenvalue weighted by molar-refractivity contribution is -0.112. The van der Waals surface area contributed by atoms with Crippen molar-refractivity contribution in [1.29, 1.82) is 5.26 Å². The predicted octanol–water partition coefficient (Wildman–Crippen LogP) is 5.77. The number of halogens is 1. The van der Waals surface area contributed by atoms with Crippen LogP contribution >= 0.6 is 11.6 Å². The second kappa shape index (κ2) is 9.59. The minimum atomic E-state index is -0.492. The number of nitrogens with zero attached hydrogens (tertiary/aromatic N) is 1. The molecule has 0 aliphatic heterocycles. The molecule has 29 heavy (non-hydrogen) atoms. The fraction of sp³-hybridized carbons (Fsp3) is 0.0833. The van der Waals surface area contributed by atoms with Gasteiger partial charge < -0.3 is 10.1 Å². The van der Waals surface area contributed by atoms with Crippen molar-refractivity contribution in [3.8, 4) is 11.8 Å². The van der Waals surface area contributed by atoms with Crippen molar-refractivity contribution in [2.75, 3.05) is 5.32 Å². The molecular weight excluding hydrogens is 384 g/mol. The van der Waals surface area contributed by atoms with E-state index in [1.54, 1.807) is 24.3 Å². The molecular formula is C24H19ClN2O2. The number of carbonyl (C=O) groups is 1. The van der Waals surface area contributed by atoms with Crippen LogP contribution in [-0.4, -0.2) is 5.91 Å². The highest BCUT2D eigenvalue weighted by atomic mass is 35.5. The van der Waals surface area contributed by atoms with Crippen molar-refractivity contribution in [1.82, 2.24) is 0 Å². The number of anilines is 1. The highest BCUT2D eigenvalue weighted by molar-refractivity contribution is 6.31. The van der Waals surface area contributed by atoms with Crippen molar-refractivity contribution in [2.45, 2.75) is 13.5 Å². The summed E-state index contributed by atoms with van der Waals surface area (Å²) in [5.41, 5.74) is 3.18. The van der Waals surface area contributed by atoms with E-state index in [1.165, 1.54) is 6.08 Å². The number of amides is 1. The van der Waals surface area contributed by atoms with Crippen molar-refractivity contribution in [3.05, 3.63) is 100 Å². The van der Waals surface area contributed by atoms with Crippen LogP contribution in [0.5, 0.6) is 5.75 Å². The molecule has 0 unspecified atom stereocenters. The lowest BCUT2D eigenvalue weighted by atomic mass is 10.1. The van der Waals surface area contributed by atoms with Gasteiger partial charge in [0.1, 0.15) is 24.0 Å². The Labute approximate surface area is 175 Å². The largest absolute Gasteiger partial charge is 0.489 e. The summed E-state index contributed by atoms with van der Waals surface area (Å²) in [6.07, 6.45) is 1.53. The lowest BCUT2D eigenvalue weighted by Gasteiger charge is -2.09. The van der Waals surface area contributed by atoms with Crippen LogP contribution in [-0.2, 0) is 11.4 Å². The van der Waals surface area contributed by atoms with Crippen molar-refractivity contribution in [3.63, 3.8) is 0 Å². The molecule has 0 bridgehead atoms. The molecule has 3 aromatic rings. The average Bonchev–Trinajstić information content (AvgIpc) is 2.74. The third-order valence-electron chi connectivity index (χ3n) is 4.23. The molecule has 0 spiro atoms. The molecule has 0 aliphatic rings. The molecule has 0 aromatic heterocycles. The Hall–Kier alpha value is -3.55. The molecule has 0 radical (unpaired) electrons. The Morgan fingerprint density at radius 1 is 1.10 bits per heavy atom. The van der Waals surface area contributed by atoms with E-state index in [0.717, 1.165) is 11.1 Å². The van der Waals surface area contributed by atoms with E-state index < -0.39 is 5.91 Å². The first-order chi connectivity index (χ1) is 14.0.